The molecule has 1 saturated heterocycles. The van der Waals surface area contributed by atoms with Crippen LogP contribution in [0, 0.1) is 10.1 Å². The zero-order valence-corrected chi connectivity index (χ0v) is 22.2. The lowest BCUT2D eigenvalue weighted by Crippen LogP contribution is -2.54. The highest BCUT2D eigenvalue weighted by Crippen LogP contribution is 2.38. The molecule has 0 saturated carbocycles. The molecule has 1 N–H and O–H groups in total. The number of rotatable bonds is 7. The summed E-state index contributed by atoms with van der Waals surface area (Å²) in [6, 6.07) is 14.7. The maximum atomic E-state index is 13.1. The lowest BCUT2D eigenvalue weighted by atomic mass is 10.1. The highest BCUT2D eigenvalue weighted by molar-refractivity contribution is 9.10. The molecule has 4 rings (SSSR count). The van der Waals surface area contributed by atoms with Gasteiger partial charge in [0.1, 0.15) is 12.2 Å². The summed E-state index contributed by atoms with van der Waals surface area (Å²) in [6.07, 6.45) is 1.31. The summed E-state index contributed by atoms with van der Waals surface area (Å²) in [5.41, 5.74) is 0.914. The number of methoxy groups -OCH3 is 1. The Morgan fingerprint density at radius 1 is 1.03 bits per heavy atom. The summed E-state index contributed by atoms with van der Waals surface area (Å²) >= 11 is 6.84. The molecule has 0 aliphatic carbocycles. The summed E-state index contributed by atoms with van der Waals surface area (Å²) in [5, 5.41) is 13.0. The van der Waals surface area contributed by atoms with E-state index in [9.17, 15) is 24.5 Å². The number of ether oxygens (including phenoxy) is 2. The molecule has 188 valence electrons. The van der Waals surface area contributed by atoms with Crippen LogP contribution in [-0.2, 0) is 16.2 Å². The topological polar surface area (TPSA) is 128 Å². The van der Waals surface area contributed by atoms with E-state index in [-0.39, 0.29) is 23.6 Å². The number of nitro groups is 1. The molecule has 1 heterocycles. The van der Waals surface area contributed by atoms with E-state index in [1.807, 2.05) is 24.3 Å². The van der Waals surface area contributed by atoms with Crippen LogP contribution in [0.3, 0.4) is 0 Å². The fourth-order valence-corrected chi connectivity index (χ4v) is 4.32. The molecule has 3 aromatic rings. The number of hydrogen-bond donors (Lipinski definition) is 1. The average molecular weight is 631 g/mol. The van der Waals surface area contributed by atoms with Gasteiger partial charge in [0, 0.05) is 16.6 Å². The third-order valence-electron chi connectivity index (χ3n) is 5.28. The molecule has 3 aromatic carbocycles. The number of hydrogen-bond acceptors (Lipinski definition) is 7. The van der Waals surface area contributed by atoms with Gasteiger partial charge in [-0.3, -0.25) is 25.0 Å². The fraction of sp³-hybridized carbons (Fsp3) is 0.0800. The van der Waals surface area contributed by atoms with Gasteiger partial charge in [-0.1, -0.05) is 28.1 Å². The van der Waals surface area contributed by atoms with Crippen molar-refractivity contribution < 1.29 is 28.8 Å². The quantitative estimate of drug-likeness (QED) is 0.161. The molecule has 1 fully saturated rings. The van der Waals surface area contributed by atoms with Gasteiger partial charge in [-0.2, -0.15) is 0 Å². The van der Waals surface area contributed by atoms with Crippen molar-refractivity contribution >= 4 is 67.2 Å². The molecule has 1 aliphatic rings. The van der Waals surface area contributed by atoms with Crippen molar-refractivity contribution in [2.45, 2.75) is 6.61 Å². The van der Waals surface area contributed by atoms with Crippen LogP contribution in [0.1, 0.15) is 11.1 Å². The molecule has 0 bridgehead atoms. The van der Waals surface area contributed by atoms with Gasteiger partial charge in [-0.15, -0.1) is 0 Å². The maximum absolute atomic E-state index is 13.1. The Kier molecular flexibility index (Phi) is 7.69. The molecule has 1 aliphatic heterocycles. The minimum absolute atomic E-state index is 0.0713. The number of nitro benzene ring substituents is 1. The molecule has 0 atom stereocenters. The number of non-ortho nitro benzene ring substituents is 1. The third-order valence-corrected chi connectivity index (χ3v) is 6.40. The summed E-state index contributed by atoms with van der Waals surface area (Å²) in [7, 11) is 1.46. The van der Waals surface area contributed by atoms with Crippen LogP contribution < -0.4 is 19.7 Å². The number of barbiturate groups is 1. The van der Waals surface area contributed by atoms with Gasteiger partial charge >= 0.3 is 6.03 Å². The number of carbonyl (C=O) groups excluding carboxylic acids is 3. The second-order valence-corrected chi connectivity index (χ2v) is 9.45. The summed E-state index contributed by atoms with van der Waals surface area (Å²) in [6.45, 7) is 0.274. The zero-order valence-electron chi connectivity index (χ0n) is 19.1. The van der Waals surface area contributed by atoms with Crippen molar-refractivity contribution in [3.8, 4) is 11.5 Å². The van der Waals surface area contributed by atoms with Crippen LogP contribution in [0.15, 0.2) is 75.2 Å². The molecule has 12 heteroatoms. The Hall–Kier alpha value is -4.03. The number of carbonyl (C=O) groups is 3. The van der Waals surface area contributed by atoms with E-state index in [0.717, 1.165) is 27.1 Å². The van der Waals surface area contributed by atoms with E-state index in [1.165, 1.54) is 25.3 Å². The number of halogens is 2. The highest BCUT2D eigenvalue weighted by Gasteiger charge is 2.37. The van der Waals surface area contributed by atoms with E-state index >= 15 is 0 Å². The molecule has 0 radical (unpaired) electrons. The first-order valence-electron chi connectivity index (χ1n) is 10.6. The number of nitrogens with zero attached hydrogens (tertiary/aromatic N) is 2. The summed E-state index contributed by atoms with van der Waals surface area (Å²) < 4.78 is 12.9. The molecular formula is C25H17Br2N3O7. The second-order valence-electron chi connectivity index (χ2n) is 7.68. The summed E-state index contributed by atoms with van der Waals surface area (Å²) in [5.74, 6) is -0.980. The van der Waals surface area contributed by atoms with Gasteiger partial charge in [0.15, 0.2) is 11.5 Å². The van der Waals surface area contributed by atoms with Gasteiger partial charge in [0.2, 0.25) is 0 Å². The van der Waals surface area contributed by atoms with Gasteiger partial charge < -0.3 is 9.47 Å². The lowest BCUT2D eigenvalue weighted by molar-refractivity contribution is -0.384. The summed E-state index contributed by atoms with van der Waals surface area (Å²) in [4.78, 5) is 49.1. The van der Waals surface area contributed by atoms with Gasteiger partial charge in [-0.05, 0) is 69.5 Å². The normalized spacial score (nSPS) is 14.5. The predicted octanol–water partition coefficient (Wildman–Crippen LogP) is 5.37. The van der Waals surface area contributed by atoms with Crippen LogP contribution >= 0.6 is 31.9 Å². The van der Waals surface area contributed by atoms with Gasteiger partial charge in [0.05, 0.1) is 22.2 Å². The first kappa shape index (κ1) is 26.0. The fourth-order valence-electron chi connectivity index (χ4n) is 3.48. The standard InChI is InChI=1S/C25H17Br2N3O7/c1-36-21-12-15(11-20(27)22(21)37-13-14-2-4-16(26)5-3-14)10-19-23(31)28-25(33)29(24(19)32)17-6-8-18(9-7-17)30(34)35/h2-12H,13H2,1H3,(H,28,31,33)/b19-10+. The molecule has 37 heavy (non-hydrogen) atoms. The highest BCUT2D eigenvalue weighted by atomic mass is 79.9. The monoisotopic (exact) mass is 629 g/mol. The van der Waals surface area contributed by atoms with Crippen molar-refractivity contribution in [1.29, 1.82) is 0 Å². The van der Waals surface area contributed by atoms with Crippen LogP contribution in [0.5, 0.6) is 11.5 Å². The largest absolute Gasteiger partial charge is 0.493 e. The number of nitrogens with one attached hydrogen (secondary N) is 1. The first-order valence-corrected chi connectivity index (χ1v) is 12.2. The van der Waals surface area contributed by atoms with Crippen molar-refractivity contribution in [3.63, 3.8) is 0 Å². The smallest absolute Gasteiger partial charge is 0.335 e. The van der Waals surface area contributed by atoms with Crippen molar-refractivity contribution in [3.05, 3.63) is 96.4 Å². The first-order chi connectivity index (χ1) is 17.7. The Morgan fingerprint density at radius 2 is 1.70 bits per heavy atom. The molecule has 0 spiro atoms. The van der Waals surface area contributed by atoms with Gasteiger partial charge in [-0.25, -0.2) is 9.69 Å². The van der Waals surface area contributed by atoms with Crippen molar-refractivity contribution in [1.82, 2.24) is 5.32 Å². The molecule has 10 nitrogen and oxygen atoms in total. The number of urea groups is 1. The van der Waals surface area contributed by atoms with Crippen molar-refractivity contribution in [2.24, 2.45) is 0 Å². The van der Waals surface area contributed by atoms with E-state index in [1.54, 1.807) is 12.1 Å². The van der Waals surface area contributed by atoms with Crippen LogP contribution in [0.4, 0.5) is 16.2 Å². The third kappa shape index (κ3) is 5.70. The van der Waals surface area contributed by atoms with E-state index in [2.05, 4.69) is 37.2 Å². The molecular weight excluding hydrogens is 614 g/mol. The molecule has 0 unspecified atom stereocenters. The predicted molar refractivity (Wildman–Crippen MR) is 141 cm³/mol. The number of amides is 4. The Balaban J connectivity index is 1.62. The van der Waals surface area contributed by atoms with Crippen LogP contribution in [-0.4, -0.2) is 29.9 Å². The second kappa shape index (κ2) is 10.9. The van der Waals surface area contributed by atoms with E-state index < -0.39 is 22.8 Å². The molecule has 4 amide bonds. The Bertz CT molecular complexity index is 1440. The lowest BCUT2D eigenvalue weighted by Gasteiger charge is -2.26. The minimum atomic E-state index is -0.962. The Morgan fingerprint density at radius 3 is 2.32 bits per heavy atom. The van der Waals surface area contributed by atoms with E-state index in [4.69, 9.17) is 9.47 Å². The van der Waals surface area contributed by atoms with E-state index in [0.29, 0.717) is 21.5 Å². The minimum Gasteiger partial charge on any atom is -0.493 e. The van der Waals surface area contributed by atoms with Crippen molar-refractivity contribution in [2.75, 3.05) is 12.0 Å². The SMILES string of the molecule is COc1cc(/C=C2\C(=O)NC(=O)N(c3ccc([N+](=O)[O-])cc3)C2=O)cc(Br)c1OCc1ccc(Br)cc1. The maximum Gasteiger partial charge on any atom is 0.335 e. The number of benzene rings is 3. The number of imide groups is 2. The Labute approximate surface area is 227 Å². The number of anilines is 1. The molecule has 0 aromatic heterocycles. The zero-order chi connectivity index (χ0) is 26.7. The van der Waals surface area contributed by atoms with Crippen LogP contribution in [0.2, 0.25) is 0 Å². The van der Waals surface area contributed by atoms with Gasteiger partial charge in [0.25, 0.3) is 17.5 Å². The van der Waals surface area contributed by atoms with Crippen LogP contribution in [0.25, 0.3) is 6.08 Å². The average Bonchev–Trinajstić information content (AvgIpc) is 2.86.